The van der Waals surface area contributed by atoms with Crippen molar-refractivity contribution in [3.63, 3.8) is 0 Å². The van der Waals surface area contributed by atoms with Gasteiger partial charge in [-0.1, -0.05) is 6.92 Å². The van der Waals surface area contributed by atoms with Gasteiger partial charge in [-0.2, -0.15) is 0 Å². The molecule has 2 rings (SSSR count). The molecule has 1 heterocycles. The SMILES string of the molecule is CC(CN1CCN(C)CC1)C(=O)c1ccc(F)cc1. The molecule has 4 heteroatoms. The van der Waals surface area contributed by atoms with Crippen LogP contribution in [-0.4, -0.2) is 55.4 Å². The molecule has 1 aromatic carbocycles. The third-order valence-corrected chi connectivity index (χ3v) is 3.70. The lowest BCUT2D eigenvalue weighted by molar-refractivity contribution is 0.0854. The minimum absolute atomic E-state index is 0.0473. The summed E-state index contributed by atoms with van der Waals surface area (Å²) in [5.41, 5.74) is 0.600. The van der Waals surface area contributed by atoms with Crippen LogP contribution in [0.15, 0.2) is 24.3 Å². The van der Waals surface area contributed by atoms with Crippen molar-refractivity contribution in [2.75, 3.05) is 39.8 Å². The molecule has 3 nitrogen and oxygen atoms in total. The van der Waals surface area contributed by atoms with E-state index in [-0.39, 0.29) is 17.5 Å². The summed E-state index contributed by atoms with van der Waals surface area (Å²) in [6.07, 6.45) is 0. The minimum atomic E-state index is -0.303. The fourth-order valence-electron chi connectivity index (χ4n) is 2.40. The Morgan fingerprint density at radius 3 is 2.37 bits per heavy atom. The van der Waals surface area contributed by atoms with Crippen molar-refractivity contribution in [1.29, 1.82) is 0 Å². The number of Topliss-reactive ketones (excluding diaryl/α,β-unsaturated/α-hetero) is 1. The molecule has 0 aliphatic carbocycles. The van der Waals surface area contributed by atoms with E-state index >= 15 is 0 Å². The van der Waals surface area contributed by atoms with Crippen LogP contribution in [0.4, 0.5) is 4.39 Å². The average Bonchev–Trinajstić information content (AvgIpc) is 2.41. The van der Waals surface area contributed by atoms with Gasteiger partial charge in [0.2, 0.25) is 0 Å². The normalized spacial score (nSPS) is 19.3. The van der Waals surface area contributed by atoms with Gasteiger partial charge in [0.1, 0.15) is 5.82 Å². The Morgan fingerprint density at radius 1 is 1.21 bits per heavy atom. The second-order valence-corrected chi connectivity index (χ2v) is 5.38. The Bertz CT molecular complexity index is 424. The van der Waals surface area contributed by atoms with Gasteiger partial charge in [-0.05, 0) is 31.3 Å². The van der Waals surface area contributed by atoms with E-state index in [1.54, 1.807) is 12.1 Å². The Labute approximate surface area is 114 Å². The van der Waals surface area contributed by atoms with Crippen molar-refractivity contribution in [1.82, 2.24) is 9.80 Å². The molecule has 0 radical (unpaired) electrons. The number of carbonyl (C=O) groups is 1. The Morgan fingerprint density at radius 2 is 1.79 bits per heavy atom. The van der Waals surface area contributed by atoms with Crippen molar-refractivity contribution in [2.45, 2.75) is 6.92 Å². The van der Waals surface area contributed by atoms with E-state index in [0.717, 1.165) is 32.7 Å². The van der Waals surface area contributed by atoms with E-state index in [0.29, 0.717) is 5.56 Å². The van der Waals surface area contributed by atoms with Gasteiger partial charge in [-0.25, -0.2) is 4.39 Å². The summed E-state index contributed by atoms with van der Waals surface area (Å²) in [7, 11) is 2.12. The standard InChI is InChI=1S/C15H21FN2O/c1-12(11-18-9-7-17(2)8-10-18)15(19)13-3-5-14(16)6-4-13/h3-6,12H,7-11H2,1-2H3. The zero-order valence-electron chi connectivity index (χ0n) is 11.6. The van der Waals surface area contributed by atoms with Crippen LogP contribution in [0.1, 0.15) is 17.3 Å². The molecule has 1 atom stereocenters. The fraction of sp³-hybridized carbons (Fsp3) is 0.533. The van der Waals surface area contributed by atoms with Crippen LogP contribution in [0.25, 0.3) is 0 Å². The van der Waals surface area contributed by atoms with Gasteiger partial charge in [0.05, 0.1) is 0 Å². The molecule has 0 aromatic heterocycles. The molecular weight excluding hydrogens is 243 g/mol. The molecule has 0 N–H and O–H groups in total. The van der Waals surface area contributed by atoms with Crippen molar-refractivity contribution in [3.05, 3.63) is 35.6 Å². The maximum Gasteiger partial charge on any atom is 0.166 e. The fourth-order valence-corrected chi connectivity index (χ4v) is 2.40. The van der Waals surface area contributed by atoms with Gasteiger partial charge in [0.15, 0.2) is 5.78 Å². The lowest BCUT2D eigenvalue weighted by Crippen LogP contribution is -2.46. The van der Waals surface area contributed by atoms with Gasteiger partial charge in [0.25, 0.3) is 0 Å². The summed E-state index contributed by atoms with van der Waals surface area (Å²) in [5.74, 6) is -0.254. The van der Waals surface area contributed by atoms with Crippen LogP contribution in [0.2, 0.25) is 0 Å². The molecule has 1 unspecified atom stereocenters. The highest BCUT2D eigenvalue weighted by Crippen LogP contribution is 2.12. The number of ketones is 1. The maximum absolute atomic E-state index is 12.8. The number of hydrogen-bond acceptors (Lipinski definition) is 3. The lowest BCUT2D eigenvalue weighted by Gasteiger charge is -2.33. The number of benzene rings is 1. The van der Waals surface area contributed by atoms with Crippen molar-refractivity contribution < 1.29 is 9.18 Å². The summed E-state index contributed by atoms with van der Waals surface area (Å²) in [4.78, 5) is 16.9. The number of nitrogens with zero attached hydrogens (tertiary/aromatic N) is 2. The first-order chi connectivity index (χ1) is 9.06. The first kappa shape index (κ1) is 14.2. The molecule has 1 aromatic rings. The third-order valence-electron chi connectivity index (χ3n) is 3.70. The van der Waals surface area contributed by atoms with Crippen LogP contribution >= 0.6 is 0 Å². The Balaban J connectivity index is 1.90. The Hall–Kier alpha value is -1.26. The molecule has 0 bridgehead atoms. The van der Waals surface area contributed by atoms with Gasteiger partial charge in [-0.3, -0.25) is 4.79 Å². The summed E-state index contributed by atoms with van der Waals surface area (Å²) in [6.45, 7) is 6.86. The quantitative estimate of drug-likeness (QED) is 0.776. The van der Waals surface area contributed by atoms with Gasteiger partial charge in [0, 0.05) is 44.2 Å². The third kappa shape index (κ3) is 3.85. The van der Waals surface area contributed by atoms with E-state index in [1.807, 2.05) is 6.92 Å². The molecule has 1 aliphatic rings. The second kappa shape index (κ2) is 6.26. The van der Waals surface area contributed by atoms with Crippen LogP contribution in [-0.2, 0) is 0 Å². The number of likely N-dealkylation sites (N-methyl/N-ethyl adjacent to an activating group) is 1. The highest BCUT2D eigenvalue weighted by Gasteiger charge is 2.21. The first-order valence-electron chi connectivity index (χ1n) is 6.77. The summed E-state index contributed by atoms with van der Waals surface area (Å²) in [5, 5.41) is 0. The molecule has 1 fully saturated rings. The number of hydrogen-bond donors (Lipinski definition) is 0. The van der Waals surface area contributed by atoms with E-state index in [1.165, 1.54) is 12.1 Å². The summed E-state index contributed by atoms with van der Waals surface area (Å²) < 4.78 is 12.8. The molecule has 0 spiro atoms. The average molecular weight is 264 g/mol. The lowest BCUT2D eigenvalue weighted by atomic mass is 9.98. The largest absolute Gasteiger partial charge is 0.304 e. The number of halogens is 1. The summed E-state index contributed by atoms with van der Waals surface area (Å²) >= 11 is 0. The Kier molecular flexibility index (Phi) is 4.66. The maximum atomic E-state index is 12.8. The minimum Gasteiger partial charge on any atom is -0.304 e. The molecule has 1 saturated heterocycles. The van der Waals surface area contributed by atoms with Crippen molar-refractivity contribution >= 4 is 5.78 Å². The van der Waals surface area contributed by atoms with Crippen LogP contribution in [0.5, 0.6) is 0 Å². The van der Waals surface area contributed by atoms with Crippen LogP contribution in [0.3, 0.4) is 0 Å². The van der Waals surface area contributed by atoms with E-state index in [4.69, 9.17) is 0 Å². The van der Waals surface area contributed by atoms with E-state index in [2.05, 4.69) is 16.8 Å². The van der Waals surface area contributed by atoms with Crippen molar-refractivity contribution in [2.24, 2.45) is 5.92 Å². The molecular formula is C15H21FN2O. The highest BCUT2D eigenvalue weighted by atomic mass is 19.1. The van der Waals surface area contributed by atoms with Gasteiger partial charge < -0.3 is 9.80 Å². The first-order valence-corrected chi connectivity index (χ1v) is 6.77. The molecule has 1 aliphatic heterocycles. The van der Waals surface area contributed by atoms with E-state index in [9.17, 15) is 9.18 Å². The van der Waals surface area contributed by atoms with Gasteiger partial charge >= 0.3 is 0 Å². The van der Waals surface area contributed by atoms with Crippen LogP contribution in [0, 0.1) is 11.7 Å². The summed E-state index contributed by atoms with van der Waals surface area (Å²) in [6, 6.07) is 5.82. The number of piperazine rings is 1. The zero-order chi connectivity index (χ0) is 13.8. The molecule has 0 saturated carbocycles. The zero-order valence-corrected chi connectivity index (χ0v) is 11.6. The predicted octanol–water partition coefficient (Wildman–Crippen LogP) is 1.89. The smallest absolute Gasteiger partial charge is 0.166 e. The molecule has 0 amide bonds. The van der Waals surface area contributed by atoms with Crippen molar-refractivity contribution in [3.8, 4) is 0 Å². The predicted molar refractivity (Wildman–Crippen MR) is 73.8 cm³/mol. The molecule has 104 valence electrons. The van der Waals surface area contributed by atoms with E-state index < -0.39 is 0 Å². The topological polar surface area (TPSA) is 23.6 Å². The molecule has 19 heavy (non-hydrogen) atoms. The second-order valence-electron chi connectivity index (χ2n) is 5.38. The van der Waals surface area contributed by atoms with Crippen LogP contribution < -0.4 is 0 Å². The highest BCUT2D eigenvalue weighted by molar-refractivity contribution is 5.97. The number of rotatable bonds is 4. The monoisotopic (exact) mass is 264 g/mol. The number of carbonyl (C=O) groups excluding carboxylic acids is 1. The van der Waals surface area contributed by atoms with Gasteiger partial charge in [-0.15, -0.1) is 0 Å².